The van der Waals surface area contributed by atoms with Gasteiger partial charge in [-0.15, -0.1) is 0 Å². The van der Waals surface area contributed by atoms with Crippen molar-refractivity contribution in [3.05, 3.63) is 35.9 Å². The van der Waals surface area contributed by atoms with Gasteiger partial charge in [0.2, 0.25) is 11.8 Å². The van der Waals surface area contributed by atoms with Crippen molar-refractivity contribution in [1.29, 1.82) is 0 Å². The number of carbonyl (C=O) groups is 2. The van der Waals surface area contributed by atoms with E-state index in [9.17, 15) is 14.7 Å². The number of hydrogen-bond donors (Lipinski definition) is 3. The summed E-state index contributed by atoms with van der Waals surface area (Å²) in [5, 5.41) is 14.9. The lowest BCUT2D eigenvalue weighted by Crippen LogP contribution is -2.44. The van der Waals surface area contributed by atoms with E-state index in [4.69, 9.17) is 0 Å². The van der Waals surface area contributed by atoms with Crippen LogP contribution in [0.3, 0.4) is 0 Å². The van der Waals surface area contributed by atoms with Gasteiger partial charge in [0.1, 0.15) is 0 Å². The maximum Gasteiger partial charge on any atom is 0.225 e. The minimum absolute atomic E-state index is 0.00850. The molecule has 5 heteroatoms. The van der Waals surface area contributed by atoms with E-state index < -0.39 is 6.04 Å². The number of aliphatic hydroxyl groups is 1. The summed E-state index contributed by atoms with van der Waals surface area (Å²) in [5.41, 5.74) is 0.873. The predicted molar refractivity (Wildman–Crippen MR) is 70.1 cm³/mol. The van der Waals surface area contributed by atoms with Crippen LogP contribution in [0.1, 0.15) is 24.4 Å². The van der Waals surface area contributed by atoms with Crippen LogP contribution in [0.4, 0.5) is 0 Å². The van der Waals surface area contributed by atoms with Gasteiger partial charge in [-0.2, -0.15) is 0 Å². The van der Waals surface area contributed by atoms with Crippen LogP contribution in [-0.4, -0.2) is 30.1 Å². The lowest BCUT2D eigenvalue weighted by molar-refractivity contribution is -0.129. The molecule has 0 radical (unpaired) electrons. The first-order valence-corrected chi connectivity index (χ1v) is 6.43. The van der Waals surface area contributed by atoms with Crippen molar-refractivity contribution in [2.45, 2.75) is 18.9 Å². The van der Waals surface area contributed by atoms with Gasteiger partial charge in [0.15, 0.2) is 0 Å². The monoisotopic (exact) mass is 262 g/mol. The van der Waals surface area contributed by atoms with Gasteiger partial charge >= 0.3 is 0 Å². The van der Waals surface area contributed by atoms with Crippen molar-refractivity contribution in [2.75, 3.05) is 13.2 Å². The van der Waals surface area contributed by atoms with Crippen LogP contribution in [0.15, 0.2) is 30.3 Å². The molecule has 1 saturated heterocycles. The molecule has 1 heterocycles. The third kappa shape index (κ3) is 3.54. The number of amides is 2. The maximum atomic E-state index is 12.1. The summed E-state index contributed by atoms with van der Waals surface area (Å²) in [6, 6.07) is 8.95. The average Bonchev–Trinajstić information content (AvgIpc) is 2.46. The summed E-state index contributed by atoms with van der Waals surface area (Å²) < 4.78 is 0. The molecular weight excluding hydrogens is 244 g/mol. The molecule has 0 spiro atoms. The molecule has 2 atom stereocenters. The summed E-state index contributed by atoms with van der Waals surface area (Å²) in [7, 11) is 0. The summed E-state index contributed by atoms with van der Waals surface area (Å²) in [6.45, 7) is 0.229. The highest BCUT2D eigenvalue weighted by molar-refractivity contribution is 5.83. The zero-order valence-corrected chi connectivity index (χ0v) is 10.6. The Balaban J connectivity index is 1.95. The number of carbonyl (C=O) groups excluding carboxylic acids is 2. The Labute approximate surface area is 112 Å². The molecular formula is C14H18N2O3. The van der Waals surface area contributed by atoms with Gasteiger partial charge in [-0.25, -0.2) is 0 Å². The number of rotatable bonds is 4. The van der Waals surface area contributed by atoms with E-state index in [-0.39, 0.29) is 24.3 Å². The number of piperidine rings is 1. The Bertz CT molecular complexity index is 437. The molecule has 1 fully saturated rings. The molecule has 0 bridgehead atoms. The van der Waals surface area contributed by atoms with Crippen molar-refractivity contribution in [3.63, 3.8) is 0 Å². The highest BCUT2D eigenvalue weighted by Gasteiger charge is 2.26. The van der Waals surface area contributed by atoms with E-state index in [0.29, 0.717) is 19.4 Å². The molecule has 1 aliphatic heterocycles. The Morgan fingerprint density at radius 3 is 2.74 bits per heavy atom. The number of aliphatic hydroxyl groups excluding tert-OH is 1. The molecule has 3 N–H and O–H groups in total. The molecule has 102 valence electrons. The highest BCUT2D eigenvalue weighted by atomic mass is 16.3. The maximum absolute atomic E-state index is 12.1. The van der Waals surface area contributed by atoms with Gasteiger partial charge in [-0.1, -0.05) is 30.3 Å². The third-order valence-corrected chi connectivity index (χ3v) is 3.34. The fourth-order valence-electron chi connectivity index (χ4n) is 2.17. The van der Waals surface area contributed by atoms with E-state index in [1.165, 1.54) is 0 Å². The first-order valence-electron chi connectivity index (χ1n) is 6.43. The molecule has 2 rings (SSSR count). The zero-order chi connectivity index (χ0) is 13.7. The number of hydrogen-bond acceptors (Lipinski definition) is 3. The Morgan fingerprint density at radius 1 is 1.42 bits per heavy atom. The summed E-state index contributed by atoms with van der Waals surface area (Å²) >= 11 is 0. The van der Waals surface area contributed by atoms with Gasteiger partial charge in [0.25, 0.3) is 0 Å². The van der Waals surface area contributed by atoms with Gasteiger partial charge in [-0.3, -0.25) is 9.59 Å². The van der Waals surface area contributed by atoms with Crippen molar-refractivity contribution in [3.8, 4) is 0 Å². The second-order valence-electron chi connectivity index (χ2n) is 4.69. The average molecular weight is 262 g/mol. The molecule has 0 aliphatic carbocycles. The predicted octanol–water partition coefficient (Wildman–Crippen LogP) is 0.362. The normalized spacial score (nSPS) is 20.5. The Kier molecular flexibility index (Phi) is 4.52. The molecule has 1 unspecified atom stereocenters. The van der Waals surface area contributed by atoms with Crippen LogP contribution in [-0.2, 0) is 9.59 Å². The van der Waals surface area contributed by atoms with Crippen LogP contribution >= 0.6 is 0 Å². The molecule has 1 aromatic carbocycles. The quantitative estimate of drug-likeness (QED) is 0.733. The second-order valence-corrected chi connectivity index (χ2v) is 4.69. The van der Waals surface area contributed by atoms with E-state index in [1.54, 1.807) is 0 Å². The van der Waals surface area contributed by atoms with Crippen molar-refractivity contribution in [1.82, 2.24) is 10.6 Å². The molecule has 1 aliphatic rings. The number of benzene rings is 1. The number of nitrogens with one attached hydrogen (secondary N) is 2. The first-order chi connectivity index (χ1) is 9.20. The lowest BCUT2D eigenvalue weighted by atomic mass is 9.97. The fourth-order valence-corrected chi connectivity index (χ4v) is 2.17. The van der Waals surface area contributed by atoms with E-state index in [2.05, 4.69) is 10.6 Å². The van der Waals surface area contributed by atoms with Crippen molar-refractivity contribution < 1.29 is 14.7 Å². The Hall–Kier alpha value is -1.88. The molecule has 1 aromatic rings. The molecule has 0 saturated carbocycles. The molecule has 0 aromatic heterocycles. The van der Waals surface area contributed by atoms with E-state index >= 15 is 0 Å². The second kappa shape index (κ2) is 6.33. The smallest absolute Gasteiger partial charge is 0.225 e. The minimum atomic E-state index is -0.397. The summed E-state index contributed by atoms with van der Waals surface area (Å²) in [6.07, 6.45) is 0.942. The SMILES string of the molecule is O=C1CCC(C(=O)N[C@@H](CO)c2ccccc2)CN1. The molecule has 2 amide bonds. The van der Waals surface area contributed by atoms with Gasteiger partial charge in [-0.05, 0) is 12.0 Å². The standard InChI is InChI=1S/C14H18N2O3/c17-9-12(10-4-2-1-3-5-10)16-14(19)11-6-7-13(18)15-8-11/h1-5,11-12,17H,6-9H2,(H,15,18)(H,16,19)/t11?,12-/m0/s1. The topological polar surface area (TPSA) is 78.4 Å². The summed E-state index contributed by atoms with van der Waals surface area (Å²) in [4.78, 5) is 23.1. The largest absolute Gasteiger partial charge is 0.394 e. The van der Waals surface area contributed by atoms with E-state index in [1.807, 2.05) is 30.3 Å². The highest BCUT2D eigenvalue weighted by Crippen LogP contribution is 2.15. The fraction of sp³-hybridized carbons (Fsp3) is 0.429. The molecule has 19 heavy (non-hydrogen) atoms. The Morgan fingerprint density at radius 2 is 2.16 bits per heavy atom. The van der Waals surface area contributed by atoms with Gasteiger partial charge < -0.3 is 15.7 Å². The van der Waals surface area contributed by atoms with Gasteiger partial charge in [0, 0.05) is 13.0 Å². The van der Waals surface area contributed by atoms with Crippen molar-refractivity contribution >= 4 is 11.8 Å². The van der Waals surface area contributed by atoms with Crippen LogP contribution in [0.2, 0.25) is 0 Å². The van der Waals surface area contributed by atoms with Gasteiger partial charge in [0.05, 0.1) is 18.6 Å². The zero-order valence-electron chi connectivity index (χ0n) is 10.6. The third-order valence-electron chi connectivity index (χ3n) is 3.34. The van der Waals surface area contributed by atoms with Crippen LogP contribution in [0.5, 0.6) is 0 Å². The van der Waals surface area contributed by atoms with Crippen LogP contribution in [0, 0.1) is 5.92 Å². The molecule has 5 nitrogen and oxygen atoms in total. The summed E-state index contributed by atoms with van der Waals surface area (Å²) in [5.74, 6) is -0.343. The van der Waals surface area contributed by atoms with E-state index in [0.717, 1.165) is 5.56 Å². The van der Waals surface area contributed by atoms with Crippen molar-refractivity contribution in [2.24, 2.45) is 5.92 Å². The first kappa shape index (κ1) is 13.5. The lowest BCUT2D eigenvalue weighted by Gasteiger charge is -2.24. The minimum Gasteiger partial charge on any atom is -0.394 e. The van der Waals surface area contributed by atoms with Crippen LogP contribution < -0.4 is 10.6 Å². The van der Waals surface area contributed by atoms with Crippen LogP contribution in [0.25, 0.3) is 0 Å².